The van der Waals surface area contributed by atoms with Crippen molar-refractivity contribution < 1.29 is 40.1 Å². The maximum Gasteiger partial charge on any atom is 0.449 e. The van der Waals surface area contributed by atoms with E-state index in [1.54, 1.807) is 7.11 Å². The first-order valence-electron chi connectivity index (χ1n) is 12.6. The van der Waals surface area contributed by atoms with Crippen molar-refractivity contribution in [2.24, 2.45) is 0 Å². The Morgan fingerprint density at radius 2 is 1.73 bits per heavy atom. The molecule has 2 N–H and O–H groups in total. The second-order valence-corrected chi connectivity index (χ2v) is 10.9. The lowest BCUT2D eigenvalue weighted by atomic mass is 10.1. The minimum absolute atomic E-state index is 0.0546. The number of ether oxygens (including phenoxy) is 1. The molecule has 0 atom stereocenters. The zero-order valence-corrected chi connectivity index (χ0v) is 23.6. The topological polar surface area (TPSA) is 129 Å². The van der Waals surface area contributed by atoms with E-state index in [-0.39, 0.29) is 16.5 Å². The molecular formula is C27H32F3N3O7S. The van der Waals surface area contributed by atoms with Crippen LogP contribution in [0.4, 0.5) is 18.9 Å². The number of anilines is 1. The van der Waals surface area contributed by atoms with Gasteiger partial charge in [0, 0.05) is 38.3 Å². The lowest BCUT2D eigenvalue weighted by molar-refractivity contribution is -0.153. The Bertz CT molecular complexity index is 1530. The van der Waals surface area contributed by atoms with Crippen LogP contribution in [-0.4, -0.2) is 76.4 Å². The van der Waals surface area contributed by atoms with E-state index >= 15 is 0 Å². The number of amides is 1. The fraction of sp³-hybridized carbons (Fsp3) is 0.407. The van der Waals surface area contributed by atoms with E-state index in [0.29, 0.717) is 19.2 Å². The summed E-state index contributed by atoms with van der Waals surface area (Å²) >= 11 is 0. The summed E-state index contributed by atoms with van der Waals surface area (Å²) < 4.78 is 76.3. The molecule has 1 aliphatic heterocycles. The third kappa shape index (κ3) is 8.68. The van der Waals surface area contributed by atoms with Gasteiger partial charge < -0.3 is 19.4 Å². The third-order valence-corrected chi connectivity index (χ3v) is 6.38. The van der Waals surface area contributed by atoms with Gasteiger partial charge in [-0.2, -0.15) is 21.6 Å². The van der Waals surface area contributed by atoms with Crippen molar-refractivity contribution in [3.63, 3.8) is 0 Å². The molecular weight excluding hydrogens is 567 g/mol. The molecule has 0 saturated carbocycles. The molecule has 14 heteroatoms. The fourth-order valence-electron chi connectivity index (χ4n) is 4.46. The summed E-state index contributed by atoms with van der Waals surface area (Å²) in [6.07, 6.45) is -3.45. The number of nitrogens with one attached hydrogen (secondary N) is 1. The highest BCUT2D eigenvalue weighted by Crippen LogP contribution is 2.33. The SMILES string of the molecule is COc1ccccc1N1CCN(CCCNC(=O)c2cccc3c(=O)c(C)c(C(F)(F)F)oc23)CC1.CS(=O)(=O)O. The second kappa shape index (κ2) is 13.4. The molecule has 1 aromatic heterocycles. The van der Waals surface area contributed by atoms with Crippen LogP contribution in [0.25, 0.3) is 11.0 Å². The van der Waals surface area contributed by atoms with Crippen molar-refractivity contribution in [2.75, 3.05) is 57.5 Å². The molecule has 3 aromatic rings. The van der Waals surface area contributed by atoms with Gasteiger partial charge >= 0.3 is 6.18 Å². The van der Waals surface area contributed by atoms with Crippen LogP contribution in [0.3, 0.4) is 0 Å². The Kier molecular flexibility index (Phi) is 10.4. The standard InChI is InChI=1S/C26H28F3N3O4.CH4O3S/c1-17-22(33)18-7-5-8-19(23(18)36-24(17)26(27,28)29)25(34)30-11-6-12-31-13-15-32(16-14-31)20-9-3-4-10-21(20)35-2;1-5(2,3)4/h3-5,7-10H,6,11-16H2,1-2H3,(H,30,34);1H3,(H,2,3,4). The monoisotopic (exact) mass is 599 g/mol. The van der Waals surface area contributed by atoms with Crippen molar-refractivity contribution in [1.82, 2.24) is 10.2 Å². The van der Waals surface area contributed by atoms with Crippen molar-refractivity contribution >= 4 is 32.7 Å². The van der Waals surface area contributed by atoms with Crippen LogP contribution in [-0.2, 0) is 16.3 Å². The smallest absolute Gasteiger partial charge is 0.449 e. The first kappa shape index (κ1) is 31.9. The number of alkyl halides is 3. The van der Waals surface area contributed by atoms with Crippen molar-refractivity contribution in [1.29, 1.82) is 0 Å². The third-order valence-electron chi connectivity index (χ3n) is 6.38. The minimum atomic E-state index is -4.84. The number of carbonyl (C=O) groups excluding carboxylic acids is 1. The number of nitrogens with zero attached hydrogens (tertiary/aromatic N) is 2. The molecule has 0 radical (unpaired) electrons. The fourth-order valence-corrected chi connectivity index (χ4v) is 4.46. The van der Waals surface area contributed by atoms with Crippen LogP contribution in [0.5, 0.6) is 5.75 Å². The number of halogens is 3. The molecule has 2 aromatic carbocycles. The molecule has 0 spiro atoms. The van der Waals surface area contributed by atoms with Gasteiger partial charge in [0.25, 0.3) is 16.0 Å². The lowest BCUT2D eigenvalue weighted by Crippen LogP contribution is -2.47. The molecule has 2 heterocycles. The second-order valence-electron chi connectivity index (χ2n) is 9.41. The molecule has 0 bridgehead atoms. The van der Waals surface area contributed by atoms with Gasteiger partial charge in [-0.25, -0.2) is 0 Å². The first-order valence-corrected chi connectivity index (χ1v) is 14.5. The van der Waals surface area contributed by atoms with Gasteiger partial charge in [-0.05, 0) is 44.2 Å². The number of hydrogen-bond acceptors (Lipinski definition) is 8. The van der Waals surface area contributed by atoms with Gasteiger partial charge in [-0.1, -0.05) is 18.2 Å². The summed E-state index contributed by atoms with van der Waals surface area (Å²) in [6, 6.07) is 12.1. The number of para-hydroxylation sites is 3. The van der Waals surface area contributed by atoms with E-state index in [1.807, 2.05) is 24.3 Å². The van der Waals surface area contributed by atoms with Crippen molar-refractivity contribution in [3.8, 4) is 5.75 Å². The van der Waals surface area contributed by atoms with E-state index in [0.717, 1.165) is 51.1 Å². The number of piperazine rings is 1. The molecule has 4 rings (SSSR count). The summed E-state index contributed by atoms with van der Waals surface area (Å²) in [5.41, 5.74) is -0.715. The largest absolute Gasteiger partial charge is 0.495 e. The average molecular weight is 600 g/mol. The Labute approximate surface area is 235 Å². The maximum atomic E-state index is 13.3. The molecule has 41 heavy (non-hydrogen) atoms. The van der Waals surface area contributed by atoms with Crippen LogP contribution in [0, 0.1) is 6.92 Å². The Hall–Kier alpha value is -3.62. The summed E-state index contributed by atoms with van der Waals surface area (Å²) in [6.45, 7) is 5.59. The molecule has 1 saturated heterocycles. The van der Waals surface area contributed by atoms with Crippen LogP contribution in [0.15, 0.2) is 51.7 Å². The van der Waals surface area contributed by atoms with Gasteiger partial charge in [0.2, 0.25) is 5.76 Å². The van der Waals surface area contributed by atoms with Gasteiger partial charge in [-0.15, -0.1) is 0 Å². The highest BCUT2D eigenvalue weighted by Gasteiger charge is 2.38. The van der Waals surface area contributed by atoms with Crippen LogP contribution in [0.1, 0.15) is 28.1 Å². The van der Waals surface area contributed by atoms with Crippen LogP contribution >= 0.6 is 0 Å². The predicted octanol–water partition coefficient (Wildman–Crippen LogP) is 3.57. The number of hydrogen-bond donors (Lipinski definition) is 2. The minimum Gasteiger partial charge on any atom is -0.495 e. The summed E-state index contributed by atoms with van der Waals surface area (Å²) in [4.78, 5) is 29.8. The summed E-state index contributed by atoms with van der Waals surface area (Å²) in [5.74, 6) is -1.12. The molecule has 1 amide bonds. The number of benzene rings is 2. The highest BCUT2D eigenvalue weighted by atomic mass is 32.2. The van der Waals surface area contributed by atoms with Gasteiger partial charge in [0.1, 0.15) is 5.75 Å². The molecule has 1 aliphatic rings. The number of fused-ring (bicyclic) bond motifs is 1. The Morgan fingerprint density at radius 3 is 2.34 bits per heavy atom. The molecule has 224 valence electrons. The number of rotatable bonds is 7. The maximum absolute atomic E-state index is 13.3. The Morgan fingerprint density at radius 1 is 1.10 bits per heavy atom. The Balaban J connectivity index is 0.000000850. The number of carbonyl (C=O) groups is 1. The summed E-state index contributed by atoms with van der Waals surface area (Å²) in [7, 11) is -2.01. The molecule has 1 fully saturated rings. The van der Waals surface area contributed by atoms with E-state index in [4.69, 9.17) is 13.7 Å². The molecule has 0 unspecified atom stereocenters. The van der Waals surface area contributed by atoms with Gasteiger partial charge in [-0.3, -0.25) is 19.0 Å². The first-order chi connectivity index (χ1) is 19.2. The van der Waals surface area contributed by atoms with Crippen molar-refractivity contribution in [2.45, 2.75) is 19.5 Å². The molecule has 0 aliphatic carbocycles. The lowest BCUT2D eigenvalue weighted by Gasteiger charge is -2.36. The van der Waals surface area contributed by atoms with Crippen LogP contribution in [0.2, 0.25) is 0 Å². The zero-order valence-electron chi connectivity index (χ0n) is 22.8. The zero-order chi connectivity index (χ0) is 30.4. The highest BCUT2D eigenvalue weighted by molar-refractivity contribution is 7.85. The normalized spacial score (nSPS) is 14.4. The van der Waals surface area contributed by atoms with Gasteiger partial charge in [0.15, 0.2) is 11.0 Å². The van der Waals surface area contributed by atoms with Crippen molar-refractivity contribution in [3.05, 3.63) is 69.6 Å². The summed E-state index contributed by atoms with van der Waals surface area (Å²) in [5, 5.41) is 2.68. The average Bonchev–Trinajstić information content (AvgIpc) is 2.91. The van der Waals surface area contributed by atoms with E-state index < -0.39 is 39.0 Å². The van der Waals surface area contributed by atoms with Crippen LogP contribution < -0.4 is 20.4 Å². The van der Waals surface area contributed by atoms with E-state index in [1.165, 1.54) is 18.2 Å². The molecule has 10 nitrogen and oxygen atoms in total. The number of methoxy groups -OCH3 is 1. The van der Waals surface area contributed by atoms with Gasteiger partial charge in [0.05, 0.1) is 30.0 Å². The quantitative estimate of drug-likeness (QED) is 0.309. The van der Waals surface area contributed by atoms with E-state index in [2.05, 4.69) is 15.1 Å². The van der Waals surface area contributed by atoms with E-state index in [9.17, 15) is 31.2 Å². The predicted molar refractivity (Wildman–Crippen MR) is 148 cm³/mol.